The van der Waals surface area contributed by atoms with Crippen molar-refractivity contribution in [3.05, 3.63) is 83.7 Å². The fourth-order valence-electron chi connectivity index (χ4n) is 3.94. The molecule has 0 amide bonds. The van der Waals surface area contributed by atoms with Crippen molar-refractivity contribution >= 4 is 17.6 Å². The van der Waals surface area contributed by atoms with Crippen molar-refractivity contribution in [1.82, 2.24) is 9.78 Å². The van der Waals surface area contributed by atoms with Crippen LogP contribution in [0.1, 0.15) is 11.1 Å². The van der Waals surface area contributed by atoms with Crippen molar-refractivity contribution in [3.8, 4) is 28.5 Å². The van der Waals surface area contributed by atoms with Crippen LogP contribution in [0.5, 0.6) is 17.2 Å². The standard InChI is InChI=1S/C25H20FN3O4/c1-31-21-12-15-11-20-23(19(15)14-22(21)32-2)29(25(30)33-18-9-4-3-5-10-18)28-24(20)27-17-8-6-7-16(26)13-17/h3-10,12-14H,11H2,1-2H3,(H,27,28). The molecule has 0 spiro atoms. The Balaban J connectivity index is 1.61. The number of hydrogen-bond donors (Lipinski definition) is 1. The summed E-state index contributed by atoms with van der Waals surface area (Å²) in [5.74, 6) is 1.59. The number of hydrogen-bond acceptors (Lipinski definition) is 6. The first kappa shape index (κ1) is 20.6. The molecule has 1 aromatic heterocycles. The molecule has 4 aromatic rings. The Kier molecular flexibility index (Phi) is 5.18. The van der Waals surface area contributed by atoms with Crippen LogP contribution >= 0.6 is 0 Å². The number of methoxy groups -OCH3 is 2. The van der Waals surface area contributed by atoms with Gasteiger partial charge in [-0.25, -0.2) is 9.18 Å². The number of halogens is 1. The van der Waals surface area contributed by atoms with Gasteiger partial charge in [0.2, 0.25) is 0 Å². The maximum Gasteiger partial charge on any atom is 0.440 e. The number of nitrogens with zero attached hydrogens (tertiary/aromatic N) is 2. The van der Waals surface area contributed by atoms with Crippen molar-refractivity contribution in [1.29, 1.82) is 0 Å². The largest absolute Gasteiger partial charge is 0.493 e. The topological polar surface area (TPSA) is 74.6 Å². The van der Waals surface area contributed by atoms with E-state index in [0.29, 0.717) is 40.9 Å². The average molecular weight is 445 g/mol. The normalized spacial score (nSPS) is 11.5. The quantitative estimate of drug-likeness (QED) is 0.390. The van der Waals surface area contributed by atoms with E-state index in [2.05, 4.69) is 10.4 Å². The number of ether oxygens (including phenoxy) is 3. The second-order valence-electron chi connectivity index (χ2n) is 7.45. The van der Waals surface area contributed by atoms with E-state index in [0.717, 1.165) is 16.7 Å². The van der Waals surface area contributed by atoms with E-state index in [4.69, 9.17) is 14.2 Å². The number of fused-ring (bicyclic) bond motifs is 3. The van der Waals surface area contributed by atoms with Gasteiger partial charge in [0.1, 0.15) is 11.6 Å². The fourth-order valence-corrected chi connectivity index (χ4v) is 3.94. The van der Waals surface area contributed by atoms with E-state index in [1.165, 1.54) is 16.8 Å². The Morgan fingerprint density at radius 1 is 1.00 bits per heavy atom. The molecule has 0 fully saturated rings. The van der Waals surface area contributed by atoms with Crippen molar-refractivity contribution in [2.45, 2.75) is 6.42 Å². The Morgan fingerprint density at radius 2 is 1.76 bits per heavy atom. The van der Waals surface area contributed by atoms with Gasteiger partial charge in [0.05, 0.1) is 19.9 Å². The Bertz CT molecular complexity index is 1350. The van der Waals surface area contributed by atoms with Crippen molar-refractivity contribution < 1.29 is 23.4 Å². The summed E-state index contributed by atoms with van der Waals surface area (Å²) >= 11 is 0. The van der Waals surface area contributed by atoms with Crippen LogP contribution < -0.4 is 19.5 Å². The zero-order valence-corrected chi connectivity index (χ0v) is 18.0. The van der Waals surface area contributed by atoms with Gasteiger partial charge < -0.3 is 19.5 Å². The van der Waals surface area contributed by atoms with Gasteiger partial charge in [-0.05, 0) is 48.0 Å². The lowest BCUT2D eigenvalue weighted by atomic mass is 10.1. The molecular weight excluding hydrogens is 425 g/mol. The monoisotopic (exact) mass is 445 g/mol. The van der Waals surface area contributed by atoms with E-state index < -0.39 is 6.09 Å². The third kappa shape index (κ3) is 3.76. The Hall–Kier alpha value is -4.33. The fraction of sp³-hybridized carbons (Fsp3) is 0.120. The molecule has 0 aliphatic heterocycles. The number of para-hydroxylation sites is 1. The number of nitrogens with one attached hydrogen (secondary N) is 1. The summed E-state index contributed by atoms with van der Waals surface area (Å²) in [7, 11) is 3.13. The van der Waals surface area contributed by atoms with Gasteiger partial charge in [0.15, 0.2) is 17.3 Å². The first-order chi connectivity index (χ1) is 16.1. The molecule has 0 atom stereocenters. The van der Waals surface area contributed by atoms with E-state index >= 15 is 0 Å². The summed E-state index contributed by atoms with van der Waals surface area (Å²) in [6.07, 6.45) is -0.159. The first-order valence-corrected chi connectivity index (χ1v) is 10.2. The molecule has 0 unspecified atom stereocenters. The molecule has 8 heteroatoms. The summed E-state index contributed by atoms with van der Waals surface area (Å²) in [6, 6.07) is 18.5. The molecule has 1 heterocycles. The number of carbonyl (C=O) groups is 1. The predicted octanol–water partition coefficient (Wildman–Crippen LogP) is 5.40. The lowest BCUT2D eigenvalue weighted by molar-refractivity contribution is 0.199. The molecule has 1 N–H and O–H groups in total. The first-order valence-electron chi connectivity index (χ1n) is 10.2. The number of benzene rings is 3. The molecule has 0 saturated carbocycles. The van der Waals surface area contributed by atoms with E-state index in [-0.39, 0.29) is 5.82 Å². The molecule has 1 aliphatic carbocycles. The van der Waals surface area contributed by atoms with Gasteiger partial charge in [-0.1, -0.05) is 24.3 Å². The minimum Gasteiger partial charge on any atom is -0.493 e. The molecule has 7 nitrogen and oxygen atoms in total. The zero-order chi connectivity index (χ0) is 22.9. The minimum atomic E-state index is -0.660. The van der Waals surface area contributed by atoms with Gasteiger partial charge in [0, 0.05) is 23.2 Å². The summed E-state index contributed by atoms with van der Waals surface area (Å²) in [4.78, 5) is 13.1. The Labute approximate surface area is 189 Å². The second-order valence-corrected chi connectivity index (χ2v) is 7.45. The molecule has 166 valence electrons. The third-order valence-electron chi connectivity index (χ3n) is 5.42. The highest BCUT2D eigenvalue weighted by Crippen LogP contribution is 2.45. The average Bonchev–Trinajstić information content (AvgIpc) is 3.36. The molecular formula is C25H20FN3O4. The molecule has 0 saturated heterocycles. The maximum absolute atomic E-state index is 13.7. The Morgan fingerprint density at radius 3 is 2.48 bits per heavy atom. The number of aromatic nitrogens is 2. The molecule has 1 aliphatic rings. The SMILES string of the molecule is COc1cc2c(cc1OC)-c1c(c(Nc3cccc(F)c3)nn1C(=O)Oc1ccccc1)C2. The smallest absolute Gasteiger partial charge is 0.440 e. The highest BCUT2D eigenvalue weighted by molar-refractivity contribution is 5.88. The van der Waals surface area contributed by atoms with Crippen LogP contribution in [0.3, 0.4) is 0 Å². The predicted molar refractivity (Wildman–Crippen MR) is 121 cm³/mol. The minimum absolute atomic E-state index is 0.377. The number of anilines is 2. The summed E-state index contributed by atoms with van der Waals surface area (Å²) in [6.45, 7) is 0. The van der Waals surface area contributed by atoms with E-state index in [1.54, 1.807) is 50.6 Å². The van der Waals surface area contributed by atoms with Gasteiger partial charge >= 0.3 is 6.09 Å². The summed E-state index contributed by atoms with van der Waals surface area (Å²) in [5, 5.41) is 7.62. The van der Waals surface area contributed by atoms with Crippen LogP contribution in [0.4, 0.5) is 20.7 Å². The van der Waals surface area contributed by atoms with Crippen molar-refractivity contribution in [2.24, 2.45) is 0 Å². The molecule has 5 rings (SSSR count). The van der Waals surface area contributed by atoms with Crippen molar-refractivity contribution in [2.75, 3.05) is 19.5 Å². The maximum atomic E-state index is 13.7. The van der Waals surface area contributed by atoms with Crippen LogP contribution in [0.2, 0.25) is 0 Å². The number of carbonyl (C=O) groups excluding carboxylic acids is 1. The van der Waals surface area contributed by atoms with Gasteiger partial charge in [-0.3, -0.25) is 0 Å². The molecule has 0 radical (unpaired) electrons. The second kappa shape index (κ2) is 8.31. The summed E-state index contributed by atoms with van der Waals surface area (Å²) in [5.41, 5.74) is 3.63. The van der Waals surface area contributed by atoms with Gasteiger partial charge in [-0.15, -0.1) is 5.10 Å². The van der Waals surface area contributed by atoms with Crippen molar-refractivity contribution in [3.63, 3.8) is 0 Å². The van der Waals surface area contributed by atoms with E-state index in [9.17, 15) is 9.18 Å². The van der Waals surface area contributed by atoms with Crippen LogP contribution in [0, 0.1) is 5.82 Å². The number of rotatable bonds is 5. The van der Waals surface area contributed by atoms with Crippen LogP contribution in [0.25, 0.3) is 11.3 Å². The zero-order valence-electron chi connectivity index (χ0n) is 18.0. The van der Waals surface area contributed by atoms with Gasteiger partial charge in [0.25, 0.3) is 0 Å². The highest BCUT2D eigenvalue weighted by atomic mass is 19.1. The van der Waals surface area contributed by atoms with Crippen LogP contribution in [-0.2, 0) is 6.42 Å². The van der Waals surface area contributed by atoms with Gasteiger partial charge in [-0.2, -0.15) is 4.68 Å². The molecule has 33 heavy (non-hydrogen) atoms. The lowest BCUT2D eigenvalue weighted by Gasteiger charge is -2.12. The van der Waals surface area contributed by atoms with Crippen LogP contribution in [-0.4, -0.2) is 30.1 Å². The highest BCUT2D eigenvalue weighted by Gasteiger charge is 2.32. The van der Waals surface area contributed by atoms with Crippen LogP contribution in [0.15, 0.2) is 66.7 Å². The molecule has 0 bridgehead atoms. The lowest BCUT2D eigenvalue weighted by Crippen LogP contribution is -2.19. The third-order valence-corrected chi connectivity index (χ3v) is 5.42. The van der Waals surface area contributed by atoms with E-state index in [1.807, 2.05) is 18.2 Å². The molecule has 3 aromatic carbocycles. The summed E-state index contributed by atoms with van der Waals surface area (Å²) < 4.78 is 31.4.